The summed E-state index contributed by atoms with van der Waals surface area (Å²) in [7, 11) is -4.74. The zero-order valence-corrected chi connectivity index (χ0v) is 18.4. The molecule has 1 aromatic rings. The second-order valence-electron chi connectivity index (χ2n) is 5.63. The number of ether oxygens (including phenoxy) is 2. The number of nitrogens with zero attached hydrogens (tertiary/aromatic N) is 4. The lowest BCUT2D eigenvalue weighted by atomic mass is 10.1. The second-order valence-corrected chi connectivity index (χ2v) is 7.90. The van der Waals surface area contributed by atoms with Gasteiger partial charge in [-0.05, 0) is 18.6 Å². The third-order valence-corrected chi connectivity index (χ3v) is 4.50. The zero-order chi connectivity index (χ0) is 25.2. The summed E-state index contributed by atoms with van der Waals surface area (Å²) in [5.74, 6) is -0.313. The molecule has 0 aliphatic heterocycles. The van der Waals surface area contributed by atoms with Crippen LogP contribution in [0.15, 0.2) is 6.07 Å². The van der Waals surface area contributed by atoms with Crippen molar-refractivity contribution >= 4 is 32.9 Å². The lowest BCUT2D eigenvalue weighted by Crippen LogP contribution is -2.25. The fourth-order valence-corrected chi connectivity index (χ4v) is 2.97. The average Bonchev–Trinajstić information content (AvgIpc) is 2.72. The first-order valence-electron chi connectivity index (χ1n) is 8.38. The van der Waals surface area contributed by atoms with Crippen LogP contribution in [0.25, 0.3) is 21.1 Å². The maximum absolute atomic E-state index is 10.7. The monoisotopic (exact) mass is 500 g/mol. The van der Waals surface area contributed by atoms with E-state index in [-0.39, 0.29) is 27.5 Å². The molecule has 0 fully saturated rings. The largest absolute Gasteiger partial charge is 0.492 e. The number of hydrogen-bond acceptors (Lipinski definition) is 11. The van der Waals surface area contributed by atoms with Gasteiger partial charge in [-0.15, -0.1) is 0 Å². The quantitative estimate of drug-likeness (QED) is 0.200. The van der Waals surface area contributed by atoms with Crippen molar-refractivity contribution in [3.05, 3.63) is 44.9 Å². The van der Waals surface area contributed by atoms with E-state index < -0.39 is 59.4 Å². The predicted octanol–water partition coefficient (Wildman–Crippen LogP) is 0.829. The van der Waals surface area contributed by atoms with Crippen LogP contribution >= 0.6 is 11.2 Å². The maximum atomic E-state index is 10.7. The molecule has 1 aromatic carbocycles. The lowest BCUT2D eigenvalue weighted by molar-refractivity contribution is 0.164. The highest BCUT2D eigenvalue weighted by Gasteiger charge is 2.17. The van der Waals surface area contributed by atoms with E-state index in [2.05, 4.69) is 18.1 Å². The molecule has 0 heterocycles. The van der Waals surface area contributed by atoms with Crippen LogP contribution in [-0.2, 0) is 18.8 Å². The average molecular weight is 500 g/mol. The van der Waals surface area contributed by atoms with Crippen molar-refractivity contribution in [3.63, 3.8) is 0 Å². The fourth-order valence-electron chi connectivity index (χ4n) is 2.40. The van der Waals surface area contributed by atoms with Crippen molar-refractivity contribution < 1.29 is 44.5 Å². The molecule has 0 bridgehead atoms. The summed E-state index contributed by atoms with van der Waals surface area (Å²) in [6.07, 6.45) is 0. The first-order valence-corrected chi connectivity index (χ1v) is 11.2. The van der Waals surface area contributed by atoms with Gasteiger partial charge in [-0.25, -0.2) is 24.4 Å². The van der Waals surface area contributed by atoms with Crippen molar-refractivity contribution in [2.24, 2.45) is 0 Å². The Balaban J connectivity index is 3.66. The van der Waals surface area contributed by atoms with Crippen molar-refractivity contribution in [2.75, 3.05) is 26.4 Å². The van der Waals surface area contributed by atoms with Gasteiger partial charge in [0.2, 0.25) is 11.2 Å². The van der Waals surface area contributed by atoms with Gasteiger partial charge in [-0.1, -0.05) is 0 Å². The molecule has 0 unspecified atom stereocenters. The van der Waals surface area contributed by atoms with Crippen LogP contribution in [0.1, 0.15) is 5.56 Å². The molecule has 0 saturated carbocycles. The fraction of sp³-hybridized carbons (Fsp3) is 0.294. The SMILES string of the molecule is [C-]#[N+]C(C#N)=c1cc(OCCOS(=O)(=O)O)c(=C(C#N)[N+]#[C-])c(C)c1OCCOS(O)(O)O. The Hall–Kier alpha value is -3.42. The van der Waals surface area contributed by atoms with Crippen LogP contribution < -0.4 is 19.9 Å². The highest BCUT2D eigenvalue weighted by Crippen LogP contribution is 2.33. The van der Waals surface area contributed by atoms with Crippen LogP contribution in [0.2, 0.25) is 0 Å². The summed E-state index contributed by atoms with van der Waals surface area (Å²) >= 11 is -4.25. The Kier molecular flexibility index (Phi) is 10.0. The van der Waals surface area contributed by atoms with Gasteiger partial charge in [0.25, 0.3) is 11.4 Å². The Morgan fingerprint density at radius 3 is 2.00 bits per heavy atom. The molecule has 176 valence electrons. The molecule has 4 N–H and O–H groups in total. The van der Waals surface area contributed by atoms with E-state index in [0.29, 0.717) is 0 Å². The Morgan fingerprint density at radius 1 is 0.970 bits per heavy atom. The molecule has 0 aliphatic carbocycles. The highest BCUT2D eigenvalue weighted by atomic mass is 32.3. The summed E-state index contributed by atoms with van der Waals surface area (Å²) < 4.78 is 75.8. The first kappa shape index (κ1) is 27.6. The van der Waals surface area contributed by atoms with Gasteiger partial charge in [-0.3, -0.25) is 22.4 Å². The Bertz CT molecular complexity index is 1260. The van der Waals surface area contributed by atoms with Crippen molar-refractivity contribution in [1.29, 1.82) is 10.5 Å². The molecule has 1 rings (SSSR count). The highest BCUT2D eigenvalue weighted by molar-refractivity contribution is 8.15. The topological polar surface area (TPSA) is 208 Å². The van der Waals surface area contributed by atoms with E-state index >= 15 is 0 Å². The standard InChI is InChI=1S/C17H16N4O10S2/c1-11-16(14(10-19)21-3)15(28-4-6-30-32(22,23)24)8-12(13(9-18)20-2)17(11)29-5-7-31-33(25,26)27/h8,25-27H,4-7H2,1H3,(H,22,23,24). The molecule has 16 heteroatoms. The normalized spacial score (nSPS) is 13.5. The minimum absolute atomic E-state index is 0.0813. The van der Waals surface area contributed by atoms with Gasteiger partial charge in [0, 0.05) is 10.4 Å². The summed E-state index contributed by atoms with van der Waals surface area (Å²) in [5, 5.41) is 18.4. The van der Waals surface area contributed by atoms with Crippen LogP contribution in [0, 0.1) is 42.7 Å². The number of hydrogen-bond donors (Lipinski definition) is 4. The number of benzene rings is 1. The molecule has 0 radical (unpaired) electrons. The van der Waals surface area contributed by atoms with Gasteiger partial charge in [0.15, 0.2) is 0 Å². The van der Waals surface area contributed by atoms with E-state index in [1.165, 1.54) is 6.92 Å². The molecule has 33 heavy (non-hydrogen) atoms. The third kappa shape index (κ3) is 8.56. The van der Waals surface area contributed by atoms with Gasteiger partial charge in [0.05, 0.1) is 25.3 Å². The van der Waals surface area contributed by atoms with E-state index in [4.69, 9.17) is 40.8 Å². The van der Waals surface area contributed by atoms with Crippen molar-refractivity contribution in [1.82, 2.24) is 0 Å². The molecule has 0 aliphatic rings. The van der Waals surface area contributed by atoms with Crippen LogP contribution in [0.3, 0.4) is 0 Å². The summed E-state index contributed by atoms with van der Waals surface area (Å²) in [6.45, 7) is 13.8. The number of nitriles is 2. The van der Waals surface area contributed by atoms with Gasteiger partial charge >= 0.3 is 10.4 Å². The van der Waals surface area contributed by atoms with Gasteiger partial charge in [0.1, 0.15) is 37.9 Å². The zero-order valence-electron chi connectivity index (χ0n) is 16.7. The minimum Gasteiger partial charge on any atom is -0.492 e. The van der Waals surface area contributed by atoms with Crippen LogP contribution in [0.5, 0.6) is 11.5 Å². The molecular formula is C17H16N4O10S2. The predicted molar refractivity (Wildman–Crippen MR) is 112 cm³/mol. The van der Waals surface area contributed by atoms with Crippen LogP contribution in [0.4, 0.5) is 0 Å². The summed E-state index contributed by atoms with van der Waals surface area (Å²) in [6, 6.07) is 4.43. The minimum atomic E-state index is -4.74. The molecule has 0 amide bonds. The smallest absolute Gasteiger partial charge is 0.397 e. The van der Waals surface area contributed by atoms with E-state index in [1.54, 1.807) is 12.1 Å². The van der Waals surface area contributed by atoms with Gasteiger partial charge in [-0.2, -0.15) is 8.42 Å². The van der Waals surface area contributed by atoms with Crippen molar-refractivity contribution in [2.45, 2.75) is 6.92 Å². The molecule has 0 aromatic heterocycles. The molecule has 0 saturated heterocycles. The molecule has 14 nitrogen and oxygen atoms in total. The van der Waals surface area contributed by atoms with Crippen LogP contribution in [-0.4, -0.2) is 53.1 Å². The molecule has 0 spiro atoms. The summed E-state index contributed by atoms with van der Waals surface area (Å²) in [5.41, 5.74) is -0.846. The van der Waals surface area contributed by atoms with E-state index in [1.807, 2.05) is 0 Å². The molecular weight excluding hydrogens is 484 g/mol. The lowest BCUT2D eigenvalue weighted by Gasteiger charge is -2.19. The number of rotatable bonds is 10. The molecule has 0 atom stereocenters. The Labute approximate surface area is 190 Å². The van der Waals surface area contributed by atoms with Crippen molar-refractivity contribution in [3.8, 4) is 23.6 Å². The Morgan fingerprint density at radius 2 is 1.52 bits per heavy atom. The van der Waals surface area contributed by atoms with E-state index in [0.717, 1.165) is 6.07 Å². The maximum Gasteiger partial charge on any atom is 0.397 e. The summed E-state index contributed by atoms with van der Waals surface area (Å²) in [4.78, 5) is 6.18. The van der Waals surface area contributed by atoms with E-state index in [9.17, 15) is 18.9 Å². The second kappa shape index (κ2) is 12.0. The third-order valence-electron chi connectivity index (χ3n) is 3.55. The van der Waals surface area contributed by atoms with Gasteiger partial charge < -0.3 is 9.47 Å². The first-order chi connectivity index (χ1) is 15.4.